The first kappa shape index (κ1) is 60.8. The van der Waals surface area contributed by atoms with Gasteiger partial charge in [0.2, 0.25) is 20.0 Å². The highest BCUT2D eigenvalue weighted by Crippen LogP contribution is 2.39. The largest absolute Gasteiger partial charge is 0.378 e. The number of halogens is 2. The molecule has 76 heavy (non-hydrogen) atoms. The molecular formula is C54H76Cl2N8O10S2. The fraction of sp³-hybridized carbons (Fsp3) is 0.519. The van der Waals surface area contributed by atoms with Crippen LogP contribution in [0.25, 0.3) is 0 Å². The lowest BCUT2D eigenvalue weighted by Gasteiger charge is -2.34. The van der Waals surface area contributed by atoms with Gasteiger partial charge in [-0.2, -0.15) is 0 Å². The molecule has 18 nitrogen and oxygen atoms in total. The van der Waals surface area contributed by atoms with E-state index < -0.39 is 20.0 Å². The molecule has 22 heteroatoms. The molecule has 418 valence electrons. The number of rotatable bonds is 29. The van der Waals surface area contributed by atoms with Gasteiger partial charge in [0.1, 0.15) is 0 Å². The van der Waals surface area contributed by atoms with Crippen molar-refractivity contribution >= 4 is 55.3 Å². The summed E-state index contributed by atoms with van der Waals surface area (Å²) in [5.41, 5.74) is 10.1. The topological polar surface area (TPSA) is 218 Å². The molecule has 2 aliphatic heterocycles. The molecule has 0 saturated heterocycles. The van der Waals surface area contributed by atoms with Crippen LogP contribution in [0.3, 0.4) is 0 Å². The van der Waals surface area contributed by atoms with Gasteiger partial charge in [0.25, 0.3) is 0 Å². The standard InChI is InChI=1S/C54H76Cl2N8O10S2/c1-37-9-11-41(49-35-63(5)33-47-39(3)27-43(55)31-45(47)49)29-51(37)75(67,68)61-17-21-73-25-23-71-19-15-59-53(65)57-13-7-8-14-58-54(66)60-16-20-72-24-26-74-22-18-62-76(69,70)52-30-42(12-10-38(52)2)50-36-64(6)34-48-40(4)28-44(56)32-46(48)50/h9-12,27-32,49-50,61-62H,7-8,13-26,33-36H2,1-6H3,(H2,57,59,65)(H2,58,60,66). The zero-order valence-corrected chi connectivity index (χ0v) is 47.8. The van der Waals surface area contributed by atoms with Gasteiger partial charge in [-0.25, -0.2) is 35.9 Å². The number of urea groups is 2. The molecule has 4 amide bonds. The number of aryl methyl sites for hydroxylation is 4. The first-order valence-corrected chi connectivity index (χ1v) is 29.5. The van der Waals surface area contributed by atoms with E-state index in [0.717, 1.165) is 59.6 Å². The summed E-state index contributed by atoms with van der Waals surface area (Å²) >= 11 is 12.9. The molecule has 0 aromatic heterocycles. The van der Waals surface area contributed by atoms with Gasteiger partial charge >= 0.3 is 12.1 Å². The zero-order chi connectivity index (χ0) is 54.8. The Labute approximate surface area is 459 Å². The third kappa shape index (κ3) is 18.1. The summed E-state index contributed by atoms with van der Waals surface area (Å²) in [6, 6.07) is 18.5. The molecule has 2 atom stereocenters. The van der Waals surface area contributed by atoms with E-state index in [-0.39, 0.29) is 99.6 Å². The number of carbonyl (C=O) groups excluding carboxylic acids is 2. The van der Waals surface area contributed by atoms with Crippen molar-refractivity contribution in [2.75, 3.05) is 119 Å². The maximum absolute atomic E-state index is 13.4. The summed E-state index contributed by atoms with van der Waals surface area (Å²) in [6.07, 6.45) is 1.32. The van der Waals surface area contributed by atoms with E-state index in [9.17, 15) is 26.4 Å². The lowest BCUT2D eigenvalue weighted by molar-refractivity contribution is 0.0516. The summed E-state index contributed by atoms with van der Waals surface area (Å²) < 4.78 is 81.1. The van der Waals surface area contributed by atoms with Gasteiger partial charge < -0.3 is 50.0 Å². The average Bonchev–Trinajstić information content (AvgIpc) is 3.37. The van der Waals surface area contributed by atoms with Gasteiger partial charge in [-0.15, -0.1) is 0 Å². The molecule has 4 aromatic rings. The van der Waals surface area contributed by atoms with Crippen LogP contribution in [0.2, 0.25) is 10.0 Å². The van der Waals surface area contributed by atoms with Crippen LogP contribution in [0.4, 0.5) is 9.59 Å². The Hall–Kier alpha value is -4.42. The molecule has 4 aromatic carbocycles. The molecule has 6 N–H and O–H groups in total. The number of hydrogen-bond donors (Lipinski definition) is 6. The second-order valence-electron chi connectivity index (χ2n) is 19.4. The van der Waals surface area contributed by atoms with Gasteiger partial charge in [-0.3, -0.25) is 0 Å². The number of benzene rings is 4. The Morgan fingerprint density at radius 1 is 0.500 bits per heavy atom. The van der Waals surface area contributed by atoms with Crippen LogP contribution in [-0.4, -0.2) is 158 Å². The molecule has 6 rings (SSSR count). The van der Waals surface area contributed by atoms with Crippen LogP contribution in [0.5, 0.6) is 0 Å². The van der Waals surface area contributed by atoms with Crippen LogP contribution in [-0.2, 0) is 52.1 Å². The molecule has 2 aliphatic rings. The summed E-state index contributed by atoms with van der Waals surface area (Å²) in [4.78, 5) is 29.2. The highest BCUT2D eigenvalue weighted by molar-refractivity contribution is 7.89. The number of hydrogen-bond acceptors (Lipinski definition) is 12. The molecule has 2 unspecified atom stereocenters. The van der Waals surface area contributed by atoms with Crippen molar-refractivity contribution in [3.63, 3.8) is 0 Å². The maximum atomic E-state index is 13.4. The number of likely N-dealkylation sites (N-methyl/N-ethyl adjacent to an activating group) is 2. The minimum atomic E-state index is -3.80. The van der Waals surface area contributed by atoms with E-state index in [0.29, 0.717) is 60.2 Å². The number of nitrogens with zero attached hydrogens (tertiary/aromatic N) is 2. The Balaban J connectivity index is 0.721. The van der Waals surface area contributed by atoms with Crippen LogP contribution in [0, 0.1) is 27.7 Å². The third-order valence-electron chi connectivity index (χ3n) is 13.4. The van der Waals surface area contributed by atoms with Gasteiger partial charge in [0.05, 0.1) is 62.6 Å². The Morgan fingerprint density at radius 3 is 1.24 bits per heavy atom. The first-order chi connectivity index (χ1) is 36.3. The number of carbonyl (C=O) groups is 2. The fourth-order valence-corrected chi connectivity index (χ4v) is 12.6. The highest BCUT2D eigenvalue weighted by atomic mass is 35.5. The maximum Gasteiger partial charge on any atom is 0.314 e. The second-order valence-corrected chi connectivity index (χ2v) is 23.8. The van der Waals surface area contributed by atoms with Crippen LogP contribution < -0.4 is 30.7 Å². The van der Waals surface area contributed by atoms with Crippen LogP contribution in [0.15, 0.2) is 70.5 Å². The van der Waals surface area contributed by atoms with E-state index in [1.165, 1.54) is 11.1 Å². The zero-order valence-electron chi connectivity index (χ0n) is 44.6. The predicted molar refractivity (Wildman–Crippen MR) is 297 cm³/mol. The summed E-state index contributed by atoms with van der Waals surface area (Å²) in [7, 11) is -3.47. The number of amides is 4. The van der Waals surface area contributed by atoms with Crippen LogP contribution >= 0.6 is 23.2 Å². The van der Waals surface area contributed by atoms with Crippen molar-refractivity contribution in [1.29, 1.82) is 0 Å². The number of ether oxygens (including phenoxy) is 4. The SMILES string of the molecule is Cc1ccc(C2CN(C)Cc3c(C)cc(Cl)cc32)cc1S(=O)(=O)NCCOCCOCCNC(=O)NCCCCNC(=O)NCCOCCOCCNS(=O)(=O)c1cc(C2CN(C)Cc3c(C)cc(Cl)cc32)ccc1C. The Bertz CT molecular complexity index is 2640. The molecular weight excluding hydrogens is 1060 g/mol. The first-order valence-electron chi connectivity index (χ1n) is 25.8. The summed E-state index contributed by atoms with van der Waals surface area (Å²) in [5.74, 6) is -0.0297. The summed E-state index contributed by atoms with van der Waals surface area (Å²) in [6.45, 7) is 14.4. The van der Waals surface area contributed by atoms with Crippen molar-refractivity contribution in [2.24, 2.45) is 0 Å². The molecule has 2 heterocycles. The van der Waals surface area contributed by atoms with Crippen molar-refractivity contribution in [3.8, 4) is 0 Å². The third-order valence-corrected chi connectivity index (χ3v) is 17.1. The number of unbranched alkanes of at least 4 members (excludes halogenated alkanes) is 1. The number of fused-ring (bicyclic) bond motifs is 2. The van der Waals surface area contributed by atoms with E-state index in [1.54, 1.807) is 26.0 Å². The van der Waals surface area contributed by atoms with Gasteiger partial charge in [0, 0.05) is 87.3 Å². The van der Waals surface area contributed by atoms with Crippen LogP contribution in [0.1, 0.15) is 80.3 Å². The van der Waals surface area contributed by atoms with Gasteiger partial charge in [-0.1, -0.05) is 47.5 Å². The molecule has 0 spiro atoms. The van der Waals surface area contributed by atoms with Gasteiger partial charge in [0.15, 0.2) is 0 Å². The van der Waals surface area contributed by atoms with E-state index in [4.69, 9.17) is 42.1 Å². The number of nitrogens with one attached hydrogen (secondary N) is 6. The molecule has 0 radical (unpaired) electrons. The minimum absolute atomic E-state index is 0.0148. The number of sulfonamides is 2. The average molecular weight is 1130 g/mol. The molecule has 0 bridgehead atoms. The normalized spacial score (nSPS) is 16.0. The fourth-order valence-electron chi connectivity index (χ4n) is 9.50. The predicted octanol–water partition coefficient (Wildman–Crippen LogP) is 6.08. The molecule has 0 saturated carbocycles. The highest BCUT2D eigenvalue weighted by Gasteiger charge is 2.30. The molecule has 0 fully saturated rings. The van der Waals surface area contributed by atoms with E-state index >= 15 is 0 Å². The van der Waals surface area contributed by atoms with Crippen molar-refractivity contribution in [1.82, 2.24) is 40.5 Å². The monoisotopic (exact) mass is 1130 g/mol. The molecule has 0 aliphatic carbocycles. The van der Waals surface area contributed by atoms with E-state index in [1.807, 2.05) is 48.5 Å². The van der Waals surface area contributed by atoms with Crippen molar-refractivity contribution in [3.05, 3.63) is 126 Å². The van der Waals surface area contributed by atoms with Crippen molar-refractivity contribution in [2.45, 2.75) is 75.3 Å². The van der Waals surface area contributed by atoms with Gasteiger partial charge in [-0.05, 0) is 147 Å². The van der Waals surface area contributed by atoms with E-state index in [2.05, 4.69) is 68.5 Å². The summed E-state index contributed by atoms with van der Waals surface area (Å²) in [5, 5.41) is 12.3. The quantitative estimate of drug-likeness (QED) is 0.0341. The Morgan fingerprint density at radius 2 is 0.855 bits per heavy atom. The Kier molecular flexibility index (Phi) is 23.6. The second kappa shape index (κ2) is 29.5. The lowest BCUT2D eigenvalue weighted by Crippen LogP contribution is -2.39. The smallest absolute Gasteiger partial charge is 0.314 e. The lowest BCUT2D eigenvalue weighted by atomic mass is 9.83. The minimum Gasteiger partial charge on any atom is -0.378 e. The van der Waals surface area contributed by atoms with Crippen molar-refractivity contribution < 1.29 is 45.4 Å².